The van der Waals surface area contributed by atoms with E-state index in [2.05, 4.69) is 10.2 Å². The van der Waals surface area contributed by atoms with E-state index in [9.17, 15) is 10.1 Å². The topological polar surface area (TPSA) is 58.4 Å². The quantitative estimate of drug-likeness (QED) is 0.667. The normalized spacial score (nSPS) is 18.8. The van der Waals surface area contributed by atoms with E-state index in [4.69, 9.17) is 11.6 Å². The van der Waals surface area contributed by atoms with Crippen molar-refractivity contribution >= 4 is 23.0 Å². The Bertz CT molecular complexity index is 522. The molecule has 0 bridgehead atoms. The number of benzene rings is 1. The molecule has 0 aromatic heterocycles. The van der Waals surface area contributed by atoms with Gasteiger partial charge in [-0.05, 0) is 57.8 Å². The van der Waals surface area contributed by atoms with E-state index in [0.29, 0.717) is 6.04 Å². The minimum atomic E-state index is -0.423. The number of nitro benzene ring substituents is 1. The van der Waals surface area contributed by atoms with E-state index in [-0.39, 0.29) is 10.7 Å². The lowest BCUT2D eigenvalue weighted by Crippen LogP contribution is -2.41. The molecule has 1 N–H and O–H groups in total. The summed E-state index contributed by atoms with van der Waals surface area (Å²) in [5.74, 6) is 0. The van der Waals surface area contributed by atoms with Crippen LogP contribution in [0.4, 0.5) is 11.4 Å². The standard InChI is InChI=1S/C15H22ClN3O2/c1-11-9-15(19(20)21)13(16)10-14(11)18-8-4-3-5-12(18)6-7-17-2/h9-10,12,17H,3-8H2,1-2H3. The molecule has 0 amide bonds. The third-order valence-corrected chi connectivity index (χ3v) is 4.43. The van der Waals surface area contributed by atoms with Crippen molar-refractivity contribution < 1.29 is 4.92 Å². The van der Waals surface area contributed by atoms with E-state index >= 15 is 0 Å². The Morgan fingerprint density at radius 2 is 2.24 bits per heavy atom. The van der Waals surface area contributed by atoms with Crippen LogP contribution >= 0.6 is 11.6 Å². The van der Waals surface area contributed by atoms with Gasteiger partial charge in [0.25, 0.3) is 5.69 Å². The van der Waals surface area contributed by atoms with Gasteiger partial charge in [-0.3, -0.25) is 10.1 Å². The monoisotopic (exact) mass is 311 g/mol. The second-order valence-electron chi connectivity index (χ2n) is 5.58. The van der Waals surface area contributed by atoms with Crippen LogP contribution in [0, 0.1) is 17.0 Å². The average Bonchev–Trinajstić information content (AvgIpc) is 2.47. The molecule has 1 aromatic rings. The Kier molecular flexibility index (Phi) is 5.42. The van der Waals surface area contributed by atoms with Crippen molar-refractivity contribution in [1.82, 2.24) is 5.32 Å². The summed E-state index contributed by atoms with van der Waals surface area (Å²) in [7, 11) is 1.96. The second-order valence-corrected chi connectivity index (χ2v) is 5.99. The van der Waals surface area contributed by atoms with Crippen molar-refractivity contribution in [2.75, 3.05) is 25.0 Å². The molecule has 0 aliphatic carbocycles. The summed E-state index contributed by atoms with van der Waals surface area (Å²) in [6.07, 6.45) is 4.63. The van der Waals surface area contributed by atoms with Gasteiger partial charge in [0.15, 0.2) is 0 Å². The summed E-state index contributed by atoms with van der Waals surface area (Å²) >= 11 is 6.09. The van der Waals surface area contributed by atoms with Gasteiger partial charge in [0.05, 0.1) is 4.92 Å². The fourth-order valence-electron chi connectivity index (χ4n) is 3.03. The van der Waals surface area contributed by atoms with Crippen molar-refractivity contribution in [3.05, 3.63) is 32.8 Å². The van der Waals surface area contributed by atoms with E-state index < -0.39 is 4.92 Å². The zero-order valence-corrected chi connectivity index (χ0v) is 13.3. The Hall–Kier alpha value is -1.33. The number of piperidine rings is 1. The SMILES string of the molecule is CNCCC1CCCCN1c1cc(Cl)c([N+](=O)[O-])cc1C. The number of anilines is 1. The van der Waals surface area contributed by atoms with Gasteiger partial charge in [-0.2, -0.15) is 0 Å². The first kappa shape index (κ1) is 16.0. The van der Waals surface area contributed by atoms with Crippen LogP contribution < -0.4 is 10.2 Å². The molecule has 116 valence electrons. The molecule has 1 aliphatic heterocycles. The summed E-state index contributed by atoms with van der Waals surface area (Å²) in [4.78, 5) is 12.9. The summed E-state index contributed by atoms with van der Waals surface area (Å²) in [6, 6.07) is 3.82. The smallest absolute Gasteiger partial charge is 0.288 e. The molecule has 21 heavy (non-hydrogen) atoms. The lowest BCUT2D eigenvalue weighted by molar-refractivity contribution is -0.384. The highest BCUT2D eigenvalue weighted by Crippen LogP contribution is 2.35. The van der Waals surface area contributed by atoms with Crippen molar-refractivity contribution in [2.24, 2.45) is 0 Å². The number of hydrogen-bond donors (Lipinski definition) is 1. The number of rotatable bonds is 5. The Morgan fingerprint density at radius 3 is 2.90 bits per heavy atom. The molecule has 5 nitrogen and oxygen atoms in total. The Labute approximate surface area is 130 Å². The molecular formula is C15H22ClN3O2. The number of nitro groups is 1. The lowest BCUT2D eigenvalue weighted by Gasteiger charge is -2.38. The molecule has 1 saturated heterocycles. The molecule has 0 spiro atoms. The maximum absolute atomic E-state index is 11.0. The summed E-state index contributed by atoms with van der Waals surface area (Å²) < 4.78 is 0. The number of halogens is 1. The largest absolute Gasteiger partial charge is 0.368 e. The van der Waals surface area contributed by atoms with Crippen LogP contribution in [0.5, 0.6) is 0 Å². The van der Waals surface area contributed by atoms with Gasteiger partial charge in [-0.15, -0.1) is 0 Å². The number of nitrogens with zero attached hydrogens (tertiary/aromatic N) is 2. The van der Waals surface area contributed by atoms with Gasteiger partial charge in [0.2, 0.25) is 0 Å². The van der Waals surface area contributed by atoms with Gasteiger partial charge in [-0.25, -0.2) is 0 Å². The fourth-order valence-corrected chi connectivity index (χ4v) is 3.26. The van der Waals surface area contributed by atoms with Crippen LogP contribution in [0.2, 0.25) is 5.02 Å². The zero-order chi connectivity index (χ0) is 15.4. The first-order valence-corrected chi connectivity index (χ1v) is 7.78. The predicted molar refractivity (Wildman–Crippen MR) is 86.4 cm³/mol. The second kappa shape index (κ2) is 7.09. The third-order valence-electron chi connectivity index (χ3n) is 4.13. The maximum Gasteiger partial charge on any atom is 0.288 e. The highest BCUT2D eigenvalue weighted by molar-refractivity contribution is 6.33. The van der Waals surface area contributed by atoms with E-state index in [1.807, 2.05) is 14.0 Å². The van der Waals surface area contributed by atoms with Gasteiger partial charge in [0.1, 0.15) is 5.02 Å². The van der Waals surface area contributed by atoms with Crippen LogP contribution in [0.25, 0.3) is 0 Å². The van der Waals surface area contributed by atoms with E-state index in [1.54, 1.807) is 12.1 Å². The van der Waals surface area contributed by atoms with Crippen molar-refractivity contribution in [3.63, 3.8) is 0 Å². The summed E-state index contributed by atoms with van der Waals surface area (Å²) in [5.41, 5.74) is 1.94. The Morgan fingerprint density at radius 1 is 1.48 bits per heavy atom. The molecule has 1 fully saturated rings. The molecule has 0 radical (unpaired) electrons. The van der Waals surface area contributed by atoms with E-state index in [1.165, 1.54) is 6.42 Å². The minimum absolute atomic E-state index is 0.0123. The summed E-state index contributed by atoms with van der Waals surface area (Å²) in [6.45, 7) is 3.88. The van der Waals surface area contributed by atoms with Crippen molar-refractivity contribution in [1.29, 1.82) is 0 Å². The molecule has 0 saturated carbocycles. The third kappa shape index (κ3) is 3.66. The number of nitrogens with one attached hydrogen (secondary N) is 1. The maximum atomic E-state index is 11.0. The molecule has 6 heteroatoms. The molecule has 1 unspecified atom stereocenters. The fraction of sp³-hybridized carbons (Fsp3) is 0.600. The van der Waals surface area contributed by atoms with Crippen LogP contribution in [0.1, 0.15) is 31.2 Å². The van der Waals surface area contributed by atoms with Gasteiger partial charge >= 0.3 is 0 Å². The first-order chi connectivity index (χ1) is 10.0. The van der Waals surface area contributed by atoms with Crippen LogP contribution in [0.3, 0.4) is 0 Å². The average molecular weight is 312 g/mol. The summed E-state index contributed by atoms with van der Waals surface area (Å²) in [5, 5.41) is 14.4. The van der Waals surface area contributed by atoms with Crippen LogP contribution in [-0.2, 0) is 0 Å². The lowest BCUT2D eigenvalue weighted by atomic mass is 9.97. The van der Waals surface area contributed by atoms with E-state index in [0.717, 1.165) is 43.6 Å². The van der Waals surface area contributed by atoms with Gasteiger partial charge in [0, 0.05) is 24.3 Å². The first-order valence-electron chi connectivity index (χ1n) is 7.40. The van der Waals surface area contributed by atoms with Crippen molar-refractivity contribution in [3.8, 4) is 0 Å². The van der Waals surface area contributed by atoms with Gasteiger partial charge in [-0.1, -0.05) is 11.6 Å². The Balaban J connectivity index is 2.30. The van der Waals surface area contributed by atoms with Gasteiger partial charge < -0.3 is 10.2 Å². The molecule has 1 atom stereocenters. The number of aryl methyl sites for hydroxylation is 1. The van der Waals surface area contributed by atoms with Crippen LogP contribution in [0.15, 0.2) is 12.1 Å². The highest BCUT2D eigenvalue weighted by Gasteiger charge is 2.25. The molecule has 2 rings (SSSR count). The van der Waals surface area contributed by atoms with Crippen LogP contribution in [-0.4, -0.2) is 31.1 Å². The zero-order valence-electron chi connectivity index (χ0n) is 12.6. The molecular weight excluding hydrogens is 290 g/mol. The minimum Gasteiger partial charge on any atom is -0.368 e. The molecule has 1 heterocycles. The van der Waals surface area contributed by atoms with Crippen molar-refractivity contribution in [2.45, 2.75) is 38.6 Å². The highest BCUT2D eigenvalue weighted by atomic mass is 35.5. The molecule has 1 aliphatic rings. The number of hydrogen-bond acceptors (Lipinski definition) is 4. The molecule has 1 aromatic carbocycles. The predicted octanol–water partition coefficient (Wildman–Crippen LogP) is 3.53.